The molecule has 0 radical (unpaired) electrons. The average Bonchev–Trinajstić information content (AvgIpc) is 3.56. The molecule has 36 heteroatoms. The molecule has 0 heterocycles. The van der Waals surface area contributed by atoms with Crippen LogP contribution in [0.5, 0.6) is 0 Å². The minimum absolute atomic E-state index is 0.0629. The Morgan fingerprint density at radius 1 is 0.414 bits per heavy atom. The maximum absolute atomic E-state index is 11.8. The Morgan fingerprint density at radius 3 is 0.954 bits per heavy atom. The van der Waals surface area contributed by atoms with Gasteiger partial charge in [-0.2, -0.15) is 16.8 Å². The molecule has 0 bridgehead atoms. The molecule has 0 fully saturated rings. The van der Waals surface area contributed by atoms with Crippen LogP contribution in [0, 0.1) is 34.0 Å². The summed E-state index contributed by atoms with van der Waals surface area (Å²) in [4.78, 5) is 136. The second kappa shape index (κ2) is 43.1. The Balaban J connectivity index is -0.000000226. The van der Waals surface area contributed by atoms with Crippen molar-refractivity contribution in [2.24, 2.45) is 34.0 Å². The molecule has 2 amide bonds. The third kappa shape index (κ3) is 61.9. The molecule has 0 spiro atoms. The van der Waals surface area contributed by atoms with Gasteiger partial charge >= 0.3 is 54.3 Å². The van der Waals surface area contributed by atoms with Crippen LogP contribution in [0.15, 0.2) is 0 Å². The molecule has 0 aromatic heterocycles. The van der Waals surface area contributed by atoms with Crippen molar-refractivity contribution in [1.82, 2.24) is 10.6 Å². The second-order valence-electron chi connectivity index (χ2n) is 23.7. The molecule has 3 atom stereocenters. The van der Waals surface area contributed by atoms with Crippen LogP contribution in [0.1, 0.15) is 183 Å². The average molecular weight is 1390 g/mol. The summed E-state index contributed by atoms with van der Waals surface area (Å²) in [7, 11) is -24.2. The third-order valence-corrected chi connectivity index (χ3v) is 17.9. The highest BCUT2D eigenvalue weighted by Gasteiger charge is 2.34. The number of esters is 4. The summed E-state index contributed by atoms with van der Waals surface area (Å²) in [6.45, 7) is 32.9. The van der Waals surface area contributed by atoms with E-state index in [9.17, 15) is 63.9 Å². The number of amides is 2. The van der Waals surface area contributed by atoms with Crippen LogP contribution in [0.25, 0.3) is 0 Å². The van der Waals surface area contributed by atoms with E-state index in [0.29, 0.717) is 38.5 Å². The predicted molar refractivity (Wildman–Crippen MR) is 329 cm³/mol. The summed E-state index contributed by atoms with van der Waals surface area (Å²) >= 11 is 0. The Bertz CT molecular complexity index is 2480. The highest BCUT2D eigenvalue weighted by atomic mass is 32.2. The van der Waals surface area contributed by atoms with E-state index in [4.69, 9.17) is 62.5 Å². The van der Waals surface area contributed by atoms with Crippen molar-refractivity contribution in [3.8, 4) is 0 Å². The summed E-state index contributed by atoms with van der Waals surface area (Å²) in [5.74, 6) is -3.38. The number of rotatable bonds is 32. The van der Waals surface area contributed by atoms with Gasteiger partial charge in [-0.1, -0.05) is 76.2 Å². The first kappa shape index (κ1) is 95.4. The lowest BCUT2D eigenvalue weighted by Crippen LogP contribution is -2.52. The van der Waals surface area contributed by atoms with E-state index in [1.165, 1.54) is 0 Å². The van der Waals surface area contributed by atoms with E-state index in [1.807, 2.05) is 41.5 Å². The van der Waals surface area contributed by atoms with Gasteiger partial charge < -0.3 is 68.7 Å². The molecule has 522 valence electrons. The fourth-order valence-corrected chi connectivity index (χ4v) is 8.67. The van der Waals surface area contributed by atoms with Gasteiger partial charge in [0.2, 0.25) is 11.8 Å². The van der Waals surface area contributed by atoms with Gasteiger partial charge in [0, 0.05) is 11.3 Å². The first-order valence-electron chi connectivity index (χ1n) is 28.0. The minimum Gasteiger partial charge on any atom is -0.465 e. The monoisotopic (exact) mass is 1380 g/mol. The fourth-order valence-electron chi connectivity index (χ4n) is 4.96. The van der Waals surface area contributed by atoms with Gasteiger partial charge in [0.05, 0.1) is 83.1 Å². The third-order valence-electron chi connectivity index (χ3n) is 12.4. The Kier molecular flexibility index (Phi) is 47.3. The number of hydrogen-bond acceptors (Lipinski definition) is 18. The zero-order chi connectivity index (χ0) is 70.7. The van der Waals surface area contributed by atoms with Crippen LogP contribution in [0.2, 0.25) is 0 Å². The Hall–Kier alpha value is -2.76. The number of carbonyl (C=O) groups is 6. The van der Waals surface area contributed by atoms with E-state index < -0.39 is 114 Å². The van der Waals surface area contributed by atoms with Crippen molar-refractivity contribution in [2.75, 3.05) is 62.6 Å². The smallest absolute Gasteiger partial charge is 0.328 e. The molecule has 0 aromatic rings. The van der Waals surface area contributed by atoms with E-state index in [1.54, 1.807) is 90.0 Å². The molecule has 0 saturated heterocycles. The molecule has 0 aliphatic carbocycles. The summed E-state index contributed by atoms with van der Waals surface area (Å²) in [5, 5.41) is 5.21. The summed E-state index contributed by atoms with van der Waals surface area (Å²) in [6.07, 6.45) is 3.09. The molecular weight excluding hydrogens is 1280 g/mol. The second-order valence-corrected chi connectivity index (χ2v) is 33.7. The standard InChI is InChI=1S/C10H21NO4S.C9H19NO4S.C9H19O5P.2C8H17O5P.C7H15O5P/c1-6-9(2,3)8(12)11-10(4,5)7-16(13,14)15;1-5-7(2)8(11)10-9(3,4)6-15(12,13)14;1-4-9(2,3)8(10)14-6-5-7-15(11,12)13;1-4-8(2,3)7(9)13-5-6-14(10,11)12;1-3-7(2)8(9)13-5-4-6-14(10,11)12;1-3-6(2)7(8)12-4-5-13(9,10)11/h6-7H2,1-5H3,(H,11,12)(H,13,14,15);7H,5-6H2,1-4H3,(H,10,11)(H,12,13,14);4-7H2,1-3H3,(H2,11,12,13);4-6H2,1-3H3,(H2,10,11,12);7H,3-6H2,1-2H3,(H2,10,11,12);6H,3-5H2,1-2H3,(H2,9,10,11). The molecule has 30 nitrogen and oxygen atoms in total. The highest BCUT2D eigenvalue weighted by Crippen LogP contribution is 2.36. The molecule has 0 aromatic carbocycles. The molecule has 0 rings (SSSR count). The van der Waals surface area contributed by atoms with Crippen molar-refractivity contribution in [2.45, 2.75) is 194 Å². The van der Waals surface area contributed by atoms with Crippen LogP contribution in [0.4, 0.5) is 0 Å². The molecule has 12 N–H and O–H groups in total. The van der Waals surface area contributed by atoms with E-state index in [2.05, 4.69) is 15.4 Å². The van der Waals surface area contributed by atoms with E-state index >= 15 is 0 Å². The molecule has 0 aliphatic rings. The van der Waals surface area contributed by atoms with Gasteiger partial charge in [0.15, 0.2) is 0 Å². The summed E-state index contributed by atoms with van der Waals surface area (Å²) in [6, 6.07) is 0. The van der Waals surface area contributed by atoms with Gasteiger partial charge in [-0.25, -0.2) is 0 Å². The predicted octanol–water partition coefficient (Wildman–Crippen LogP) is 6.59. The molecule has 0 saturated carbocycles. The minimum atomic E-state index is -4.09. The van der Waals surface area contributed by atoms with E-state index in [0.717, 1.165) is 0 Å². The van der Waals surface area contributed by atoms with Crippen molar-refractivity contribution in [1.29, 1.82) is 0 Å². The van der Waals surface area contributed by atoms with Gasteiger partial charge in [-0.05, 0) is 107 Å². The molecule has 0 aliphatic heterocycles. The van der Waals surface area contributed by atoms with Crippen LogP contribution in [0.3, 0.4) is 0 Å². The molecular formula is C51H108N2O28P4S2. The Morgan fingerprint density at radius 2 is 0.678 bits per heavy atom. The lowest BCUT2D eigenvalue weighted by molar-refractivity contribution is -0.154. The fraction of sp³-hybridized carbons (Fsp3) is 0.882. The number of nitrogens with one attached hydrogen (secondary N) is 2. The van der Waals surface area contributed by atoms with Gasteiger partial charge in [-0.15, -0.1) is 0 Å². The maximum atomic E-state index is 11.8. The zero-order valence-corrected chi connectivity index (χ0v) is 59.6. The number of hydrogen-bond donors (Lipinski definition) is 12. The normalized spacial score (nSPS) is 13.5. The van der Waals surface area contributed by atoms with Gasteiger partial charge in [-0.3, -0.25) is 56.1 Å². The zero-order valence-electron chi connectivity index (χ0n) is 54.4. The van der Waals surface area contributed by atoms with Crippen molar-refractivity contribution in [3.05, 3.63) is 0 Å². The topological polar surface area (TPSA) is 502 Å². The molecule has 87 heavy (non-hydrogen) atoms. The van der Waals surface area contributed by atoms with Crippen LogP contribution in [-0.4, -0.2) is 174 Å². The summed E-state index contributed by atoms with van der Waals surface area (Å²) in [5.41, 5.74) is -3.58. The largest absolute Gasteiger partial charge is 0.465 e. The van der Waals surface area contributed by atoms with Crippen molar-refractivity contribution >= 4 is 86.3 Å². The lowest BCUT2D eigenvalue weighted by Gasteiger charge is -2.30. The first-order chi connectivity index (χ1) is 38.6. The maximum Gasteiger partial charge on any atom is 0.328 e. The SMILES string of the molecule is CCC(C)(C)C(=O)NC(C)(C)CS(=O)(=O)O.CCC(C)(C)C(=O)OCCCP(=O)(O)O.CCC(C)(C)C(=O)OCCP(=O)(O)O.CCC(C)C(=O)NC(C)(C)CS(=O)(=O)O.CCC(C)C(=O)OCCCP(=O)(O)O.CCC(C)C(=O)OCCP(=O)(O)O. The van der Waals surface area contributed by atoms with Crippen LogP contribution < -0.4 is 10.6 Å². The Labute approximate surface area is 516 Å². The summed E-state index contributed by atoms with van der Waals surface area (Å²) < 4.78 is 121. The van der Waals surface area contributed by atoms with Crippen molar-refractivity contribution < 1.29 is 131 Å². The van der Waals surface area contributed by atoms with Crippen LogP contribution >= 0.6 is 30.4 Å². The van der Waals surface area contributed by atoms with Gasteiger partial charge in [0.1, 0.15) is 13.2 Å². The van der Waals surface area contributed by atoms with Crippen molar-refractivity contribution in [3.63, 3.8) is 0 Å². The number of ether oxygens (including phenoxy) is 4. The van der Waals surface area contributed by atoms with E-state index in [-0.39, 0.29) is 93.1 Å². The van der Waals surface area contributed by atoms with Gasteiger partial charge in [0.25, 0.3) is 20.2 Å². The first-order valence-corrected chi connectivity index (χ1v) is 38.4. The van der Waals surface area contributed by atoms with Crippen LogP contribution in [-0.2, 0) is 86.2 Å². The quantitative estimate of drug-likeness (QED) is 0.0111. The number of carbonyl (C=O) groups excluding carboxylic acids is 6. The lowest BCUT2D eigenvalue weighted by atomic mass is 9.88. The highest BCUT2D eigenvalue weighted by molar-refractivity contribution is 7.86. The molecule has 3 unspecified atom stereocenters.